The Morgan fingerprint density at radius 3 is 2.62 bits per heavy atom. The zero-order valence-electron chi connectivity index (χ0n) is 10.6. The number of hydrogen-bond donors (Lipinski definition) is 3. The molecule has 0 saturated carbocycles. The lowest BCUT2D eigenvalue weighted by atomic mass is 10.2. The van der Waals surface area contributed by atoms with Crippen LogP contribution >= 0.6 is 11.6 Å². The Morgan fingerprint density at radius 1 is 1.43 bits per heavy atom. The topological polar surface area (TPSA) is 122 Å². The van der Waals surface area contributed by atoms with E-state index in [1.807, 2.05) is 0 Å². The highest BCUT2D eigenvalue weighted by molar-refractivity contribution is 7.92. The van der Waals surface area contributed by atoms with Gasteiger partial charge in [-0.25, -0.2) is 4.79 Å². The fourth-order valence-electron chi connectivity index (χ4n) is 1.65. The number of rotatable bonds is 4. The van der Waals surface area contributed by atoms with Crippen molar-refractivity contribution in [2.24, 2.45) is 7.05 Å². The lowest BCUT2D eigenvalue weighted by Crippen LogP contribution is -2.17. The van der Waals surface area contributed by atoms with Crippen molar-refractivity contribution in [2.45, 2.75) is 5.03 Å². The molecule has 21 heavy (non-hydrogen) atoms. The molecule has 1 aromatic heterocycles. The first-order valence-corrected chi connectivity index (χ1v) is 7.35. The summed E-state index contributed by atoms with van der Waals surface area (Å²) in [5.74, 6) is -1.67. The number of aromatic hydroxyl groups is 1. The first-order chi connectivity index (χ1) is 9.72. The van der Waals surface area contributed by atoms with Crippen LogP contribution in [-0.2, 0) is 17.1 Å². The molecule has 2 aromatic rings. The van der Waals surface area contributed by atoms with E-state index in [0.29, 0.717) is 0 Å². The van der Waals surface area contributed by atoms with E-state index in [-0.39, 0.29) is 21.3 Å². The zero-order chi connectivity index (χ0) is 15.8. The normalized spacial score (nSPS) is 11.3. The molecule has 0 aliphatic carbocycles. The second-order valence-corrected chi connectivity index (χ2v) is 6.07. The maximum atomic E-state index is 12.2. The summed E-state index contributed by atoms with van der Waals surface area (Å²) in [6, 6.07) is 3.22. The monoisotopic (exact) mass is 331 g/mol. The Morgan fingerprint density at radius 2 is 2.10 bits per heavy atom. The number of anilines is 1. The lowest BCUT2D eigenvalue weighted by Gasteiger charge is -2.10. The van der Waals surface area contributed by atoms with Gasteiger partial charge in [0.05, 0.1) is 22.5 Å². The number of benzene rings is 1. The number of phenolic OH excluding ortho intramolecular Hbond substituents is 1. The van der Waals surface area contributed by atoms with Crippen LogP contribution in [0.1, 0.15) is 10.4 Å². The van der Waals surface area contributed by atoms with Gasteiger partial charge in [0.15, 0.2) is 5.03 Å². The average molecular weight is 332 g/mol. The molecule has 112 valence electrons. The van der Waals surface area contributed by atoms with Gasteiger partial charge in [-0.05, 0) is 18.2 Å². The van der Waals surface area contributed by atoms with Gasteiger partial charge >= 0.3 is 5.97 Å². The Bertz CT molecular complexity index is 796. The van der Waals surface area contributed by atoms with Crippen molar-refractivity contribution in [1.82, 2.24) is 9.78 Å². The smallest absolute Gasteiger partial charge is 0.335 e. The summed E-state index contributed by atoms with van der Waals surface area (Å²) in [5, 5.41) is 21.8. The molecular formula is C11H10ClN3O5S. The van der Waals surface area contributed by atoms with E-state index in [2.05, 4.69) is 9.82 Å². The Kier molecular flexibility index (Phi) is 3.79. The Hall–Kier alpha value is -2.26. The van der Waals surface area contributed by atoms with Gasteiger partial charge in [0.2, 0.25) is 0 Å². The van der Waals surface area contributed by atoms with Gasteiger partial charge in [-0.2, -0.15) is 13.5 Å². The van der Waals surface area contributed by atoms with Crippen LogP contribution in [0, 0.1) is 0 Å². The highest BCUT2D eigenvalue weighted by Crippen LogP contribution is 2.28. The van der Waals surface area contributed by atoms with E-state index < -0.39 is 21.7 Å². The van der Waals surface area contributed by atoms with E-state index in [1.54, 1.807) is 0 Å². The number of carbonyl (C=O) groups is 1. The molecule has 0 unspecified atom stereocenters. The largest absolute Gasteiger partial charge is 0.506 e. The molecule has 0 bridgehead atoms. The molecule has 3 N–H and O–H groups in total. The van der Waals surface area contributed by atoms with Crippen molar-refractivity contribution in [3.05, 3.63) is 35.0 Å². The van der Waals surface area contributed by atoms with Crippen molar-refractivity contribution in [2.75, 3.05) is 4.72 Å². The summed E-state index contributed by atoms with van der Waals surface area (Å²) < 4.78 is 27.6. The molecule has 0 fully saturated rings. The molecular weight excluding hydrogens is 322 g/mol. The summed E-state index contributed by atoms with van der Waals surface area (Å²) in [4.78, 5) is 10.9. The highest BCUT2D eigenvalue weighted by Gasteiger charge is 2.24. The molecule has 0 aliphatic rings. The Labute approximate surface area is 124 Å². The first kappa shape index (κ1) is 15.1. The lowest BCUT2D eigenvalue weighted by molar-refractivity contribution is 0.0697. The predicted molar refractivity (Wildman–Crippen MR) is 74.1 cm³/mol. The van der Waals surface area contributed by atoms with Crippen molar-refractivity contribution >= 4 is 33.3 Å². The quantitative estimate of drug-likeness (QED) is 0.725. The number of nitrogens with zero attached hydrogens (tertiary/aromatic N) is 2. The molecule has 10 heteroatoms. The molecule has 0 radical (unpaired) electrons. The zero-order valence-corrected chi connectivity index (χ0v) is 12.2. The molecule has 8 nitrogen and oxygen atoms in total. The number of carboxylic acids is 1. The van der Waals surface area contributed by atoms with Crippen molar-refractivity contribution in [3.63, 3.8) is 0 Å². The van der Waals surface area contributed by atoms with E-state index in [1.165, 1.54) is 7.05 Å². The van der Waals surface area contributed by atoms with E-state index >= 15 is 0 Å². The van der Waals surface area contributed by atoms with Gasteiger partial charge in [0.25, 0.3) is 10.0 Å². The molecule has 1 heterocycles. The third-order valence-electron chi connectivity index (χ3n) is 2.58. The molecule has 2 rings (SSSR count). The summed E-state index contributed by atoms with van der Waals surface area (Å²) in [7, 11) is -2.75. The number of sulfonamides is 1. The van der Waals surface area contributed by atoms with Crippen LogP contribution in [0.4, 0.5) is 5.69 Å². The van der Waals surface area contributed by atoms with Crippen LogP contribution in [0.3, 0.4) is 0 Å². The van der Waals surface area contributed by atoms with E-state index in [9.17, 15) is 18.3 Å². The number of halogens is 1. The number of nitrogens with one attached hydrogen (secondary N) is 1. The third kappa shape index (κ3) is 2.93. The van der Waals surface area contributed by atoms with Crippen LogP contribution in [-0.4, -0.2) is 34.4 Å². The van der Waals surface area contributed by atoms with Crippen LogP contribution in [0.2, 0.25) is 5.02 Å². The molecule has 0 spiro atoms. The number of aromatic carboxylic acids is 1. The van der Waals surface area contributed by atoms with Crippen LogP contribution in [0.15, 0.2) is 29.4 Å². The van der Waals surface area contributed by atoms with Gasteiger partial charge < -0.3 is 10.2 Å². The fourth-order valence-corrected chi connectivity index (χ4v) is 3.37. The van der Waals surface area contributed by atoms with E-state index in [0.717, 1.165) is 29.1 Å². The van der Waals surface area contributed by atoms with Gasteiger partial charge in [0.1, 0.15) is 5.75 Å². The number of hydrogen-bond acceptors (Lipinski definition) is 5. The van der Waals surface area contributed by atoms with Gasteiger partial charge in [-0.1, -0.05) is 11.6 Å². The van der Waals surface area contributed by atoms with Gasteiger partial charge in [-0.15, -0.1) is 0 Å². The van der Waals surface area contributed by atoms with Gasteiger partial charge in [0, 0.05) is 7.05 Å². The molecule has 0 saturated heterocycles. The third-order valence-corrected chi connectivity index (χ3v) is 4.46. The summed E-state index contributed by atoms with van der Waals surface area (Å²) >= 11 is 5.76. The van der Waals surface area contributed by atoms with Crippen LogP contribution in [0.5, 0.6) is 5.75 Å². The maximum Gasteiger partial charge on any atom is 0.335 e. The first-order valence-electron chi connectivity index (χ1n) is 5.49. The Balaban J connectivity index is 2.46. The summed E-state index contributed by atoms with van der Waals surface area (Å²) in [6.07, 6.45) is 1.16. The number of aryl methyl sites for hydroxylation is 1. The predicted octanol–water partition coefficient (Wildman–Crippen LogP) is 1.28. The molecule has 1 aromatic carbocycles. The average Bonchev–Trinajstić information content (AvgIpc) is 2.71. The highest BCUT2D eigenvalue weighted by atomic mass is 35.5. The summed E-state index contributed by atoms with van der Waals surface area (Å²) in [6.45, 7) is 0. The number of carboxylic acid groups (broad SMARTS) is 1. The standard InChI is InChI=1S/C11H10ClN3O5S/c1-15-10(7(12)5-13-15)21(19,20)14-8-4-6(11(17)18)2-3-9(8)16/h2-5,14,16H,1H3,(H,17,18). The van der Waals surface area contributed by atoms with Crippen molar-refractivity contribution < 1.29 is 23.4 Å². The van der Waals surface area contributed by atoms with Crippen molar-refractivity contribution in [3.8, 4) is 5.75 Å². The van der Waals surface area contributed by atoms with Crippen LogP contribution < -0.4 is 4.72 Å². The minimum atomic E-state index is -4.13. The SMILES string of the molecule is Cn1ncc(Cl)c1S(=O)(=O)Nc1cc(C(=O)O)ccc1O. The van der Waals surface area contributed by atoms with Crippen LogP contribution in [0.25, 0.3) is 0 Å². The minimum Gasteiger partial charge on any atom is -0.506 e. The number of aromatic nitrogens is 2. The molecule has 0 amide bonds. The summed E-state index contributed by atoms with van der Waals surface area (Å²) in [5.41, 5.74) is -0.450. The second kappa shape index (κ2) is 5.26. The fraction of sp³-hybridized carbons (Fsp3) is 0.0909. The second-order valence-electron chi connectivity index (χ2n) is 4.06. The van der Waals surface area contributed by atoms with Crippen molar-refractivity contribution in [1.29, 1.82) is 0 Å². The molecule has 0 aliphatic heterocycles. The minimum absolute atomic E-state index is 0.0983. The molecule has 0 atom stereocenters. The van der Waals surface area contributed by atoms with E-state index in [4.69, 9.17) is 16.7 Å². The number of phenols is 1. The van der Waals surface area contributed by atoms with Gasteiger partial charge in [-0.3, -0.25) is 9.40 Å². The maximum absolute atomic E-state index is 12.2.